The van der Waals surface area contributed by atoms with E-state index < -0.39 is 0 Å². The van der Waals surface area contributed by atoms with Crippen molar-refractivity contribution in [2.75, 3.05) is 19.8 Å². The predicted molar refractivity (Wildman–Crippen MR) is 87.2 cm³/mol. The van der Waals surface area contributed by atoms with Crippen LogP contribution in [0.1, 0.15) is 44.5 Å². The zero-order valence-electron chi connectivity index (χ0n) is 13.2. The average Bonchev–Trinajstić information content (AvgIpc) is 2.66. The van der Waals surface area contributed by atoms with Crippen molar-refractivity contribution < 1.29 is 4.74 Å². The largest absolute Gasteiger partial charge is 0.382 e. The van der Waals surface area contributed by atoms with Crippen LogP contribution in [-0.4, -0.2) is 35.6 Å². The number of hydrogen-bond donors (Lipinski definition) is 1. The fourth-order valence-electron chi connectivity index (χ4n) is 2.34. The van der Waals surface area contributed by atoms with E-state index in [-0.39, 0.29) is 0 Å². The Balaban J connectivity index is 2.58. The molecule has 1 aromatic rings. The van der Waals surface area contributed by atoms with Gasteiger partial charge < -0.3 is 10.1 Å². The lowest BCUT2D eigenvalue weighted by Crippen LogP contribution is -2.32. The molecule has 0 aliphatic carbocycles. The molecule has 0 amide bonds. The fraction of sp³-hybridized carbons (Fsp3) is 0.800. The van der Waals surface area contributed by atoms with Crippen LogP contribution in [0.3, 0.4) is 0 Å². The van der Waals surface area contributed by atoms with Gasteiger partial charge in [-0.3, -0.25) is 4.68 Å². The molecule has 0 aliphatic rings. The highest BCUT2D eigenvalue weighted by Gasteiger charge is 2.16. The maximum absolute atomic E-state index is 5.44. The summed E-state index contributed by atoms with van der Waals surface area (Å²) in [6, 6.07) is 0.488. The van der Waals surface area contributed by atoms with E-state index in [9.17, 15) is 0 Å². The monoisotopic (exact) mass is 345 g/mol. The van der Waals surface area contributed by atoms with Gasteiger partial charge >= 0.3 is 0 Å². The molecular formula is C15H28BrN3O. The van der Waals surface area contributed by atoms with Crippen LogP contribution in [0.5, 0.6) is 0 Å². The molecule has 116 valence electrons. The van der Waals surface area contributed by atoms with E-state index in [0.717, 1.165) is 55.6 Å². The van der Waals surface area contributed by atoms with Crippen LogP contribution in [0.4, 0.5) is 0 Å². The third kappa shape index (κ3) is 5.54. The topological polar surface area (TPSA) is 39.1 Å². The summed E-state index contributed by atoms with van der Waals surface area (Å²) in [4.78, 5) is 0. The van der Waals surface area contributed by atoms with Gasteiger partial charge in [-0.15, -0.1) is 0 Å². The first-order chi connectivity index (χ1) is 9.60. The number of aromatic nitrogens is 2. The standard InChI is InChI=1S/C15H28BrN3O/c1-5-9-17-13(8-7-10-20-6-2)11-14-15(16)12(3)18-19(14)4/h13,17H,5-11H2,1-4H3. The summed E-state index contributed by atoms with van der Waals surface area (Å²) in [5, 5.41) is 8.11. The molecule has 1 aromatic heterocycles. The molecule has 1 N–H and O–H groups in total. The zero-order valence-corrected chi connectivity index (χ0v) is 14.8. The average molecular weight is 346 g/mol. The van der Waals surface area contributed by atoms with Gasteiger partial charge in [0.25, 0.3) is 0 Å². The van der Waals surface area contributed by atoms with Crippen LogP contribution in [0, 0.1) is 6.92 Å². The Morgan fingerprint density at radius 2 is 2.15 bits per heavy atom. The van der Waals surface area contributed by atoms with E-state index in [0.29, 0.717) is 6.04 Å². The summed E-state index contributed by atoms with van der Waals surface area (Å²) in [5.74, 6) is 0. The Morgan fingerprint density at radius 1 is 1.40 bits per heavy atom. The molecule has 1 unspecified atom stereocenters. The zero-order chi connectivity index (χ0) is 15.0. The van der Waals surface area contributed by atoms with Crippen molar-refractivity contribution in [2.45, 2.75) is 52.5 Å². The minimum Gasteiger partial charge on any atom is -0.382 e. The Hall–Kier alpha value is -0.390. The number of ether oxygens (including phenoxy) is 1. The van der Waals surface area contributed by atoms with E-state index in [1.54, 1.807) is 0 Å². The van der Waals surface area contributed by atoms with Crippen molar-refractivity contribution >= 4 is 15.9 Å². The van der Waals surface area contributed by atoms with Gasteiger partial charge in [-0.25, -0.2) is 0 Å². The third-order valence-electron chi connectivity index (χ3n) is 3.43. The van der Waals surface area contributed by atoms with Gasteiger partial charge in [0.05, 0.1) is 15.9 Å². The molecule has 20 heavy (non-hydrogen) atoms. The van der Waals surface area contributed by atoms with E-state index >= 15 is 0 Å². The highest BCUT2D eigenvalue weighted by atomic mass is 79.9. The van der Waals surface area contributed by atoms with Crippen LogP contribution in [0.2, 0.25) is 0 Å². The molecule has 0 spiro atoms. The normalized spacial score (nSPS) is 12.8. The van der Waals surface area contributed by atoms with Crippen LogP contribution >= 0.6 is 15.9 Å². The van der Waals surface area contributed by atoms with Gasteiger partial charge in [0, 0.05) is 32.7 Å². The maximum Gasteiger partial charge on any atom is 0.0738 e. The first kappa shape index (κ1) is 17.7. The number of hydrogen-bond acceptors (Lipinski definition) is 3. The van der Waals surface area contributed by atoms with E-state index in [1.165, 1.54) is 5.69 Å². The highest BCUT2D eigenvalue weighted by molar-refractivity contribution is 9.10. The van der Waals surface area contributed by atoms with Gasteiger partial charge in [0.2, 0.25) is 0 Å². The van der Waals surface area contributed by atoms with Gasteiger partial charge in [0.15, 0.2) is 0 Å². The molecule has 5 heteroatoms. The summed E-state index contributed by atoms with van der Waals surface area (Å²) in [6.07, 6.45) is 4.40. The number of nitrogens with one attached hydrogen (secondary N) is 1. The molecule has 1 atom stereocenters. The van der Waals surface area contributed by atoms with Crippen molar-refractivity contribution in [2.24, 2.45) is 7.05 Å². The van der Waals surface area contributed by atoms with Crippen molar-refractivity contribution in [1.29, 1.82) is 0 Å². The summed E-state index contributed by atoms with van der Waals surface area (Å²) >= 11 is 3.65. The smallest absolute Gasteiger partial charge is 0.0738 e. The molecule has 0 aromatic carbocycles. The van der Waals surface area contributed by atoms with Crippen LogP contribution in [0.25, 0.3) is 0 Å². The van der Waals surface area contributed by atoms with Crippen LogP contribution < -0.4 is 5.32 Å². The van der Waals surface area contributed by atoms with E-state index in [4.69, 9.17) is 4.74 Å². The van der Waals surface area contributed by atoms with Crippen molar-refractivity contribution in [3.05, 3.63) is 15.9 Å². The quantitative estimate of drug-likeness (QED) is 0.661. The summed E-state index contributed by atoms with van der Waals surface area (Å²) < 4.78 is 8.57. The van der Waals surface area contributed by atoms with Gasteiger partial charge in [-0.2, -0.15) is 5.10 Å². The molecule has 0 fully saturated rings. The second-order valence-corrected chi connectivity index (χ2v) is 5.96. The Bertz CT molecular complexity index is 393. The molecule has 0 saturated heterocycles. The number of aryl methyl sites for hydroxylation is 2. The number of halogens is 1. The molecule has 0 bridgehead atoms. The van der Waals surface area contributed by atoms with Gasteiger partial charge in [0.1, 0.15) is 0 Å². The Morgan fingerprint density at radius 3 is 2.70 bits per heavy atom. The Kier molecular flexibility index (Phi) is 8.41. The lowest BCUT2D eigenvalue weighted by molar-refractivity contribution is 0.140. The molecule has 0 aliphatic heterocycles. The molecular weight excluding hydrogens is 318 g/mol. The summed E-state index contributed by atoms with van der Waals surface area (Å²) in [5.41, 5.74) is 2.33. The minimum atomic E-state index is 0.488. The van der Waals surface area contributed by atoms with Crippen LogP contribution in [0.15, 0.2) is 4.47 Å². The van der Waals surface area contributed by atoms with Crippen molar-refractivity contribution in [1.82, 2.24) is 15.1 Å². The highest BCUT2D eigenvalue weighted by Crippen LogP contribution is 2.22. The SMILES string of the molecule is CCCNC(CCCOCC)Cc1c(Br)c(C)nn1C. The first-order valence-electron chi connectivity index (χ1n) is 7.59. The first-order valence-corrected chi connectivity index (χ1v) is 8.38. The van der Waals surface area contributed by atoms with E-state index in [1.807, 2.05) is 25.6 Å². The second-order valence-electron chi connectivity index (χ2n) is 5.16. The van der Waals surface area contributed by atoms with Gasteiger partial charge in [-0.05, 0) is 55.6 Å². The molecule has 1 heterocycles. The van der Waals surface area contributed by atoms with E-state index in [2.05, 4.69) is 33.3 Å². The second kappa shape index (κ2) is 9.53. The summed E-state index contributed by atoms with van der Waals surface area (Å²) in [6.45, 7) is 9.01. The van der Waals surface area contributed by atoms with Crippen molar-refractivity contribution in [3.8, 4) is 0 Å². The lowest BCUT2D eigenvalue weighted by Gasteiger charge is -2.19. The lowest BCUT2D eigenvalue weighted by atomic mass is 10.1. The third-order valence-corrected chi connectivity index (χ3v) is 4.46. The molecule has 0 saturated carbocycles. The molecule has 4 nitrogen and oxygen atoms in total. The van der Waals surface area contributed by atoms with Crippen molar-refractivity contribution in [3.63, 3.8) is 0 Å². The molecule has 1 rings (SSSR count). The predicted octanol–water partition coefficient (Wildman–Crippen LogP) is 3.22. The summed E-state index contributed by atoms with van der Waals surface area (Å²) in [7, 11) is 2.02. The fourth-order valence-corrected chi connectivity index (χ4v) is 2.83. The maximum atomic E-state index is 5.44. The molecule has 0 radical (unpaired) electrons. The van der Waals surface area contributed by atoms with Crippen LogP contribution in [-0.2, 0) is 18.2 Å². The number of rotatable bonds is 10. The number of nitrogens with zero attached hydrogens (tertiary/aromatic N) is 2. The minimum absolute atomic E-state index is 0.488. The van der Waals surface area contributed by atoms with Gasteiger partial charge in [-0.1, -0.05) is 6.92 Å². The Labute approximate surface area is 131 Å².